The molecule has 1 aromatic carbocycles. The molecule has 0 saturated carbocycles. The molecule has 0 aliphatic carbocycles. The Morgan fingerprint density at radius 1 is 1.42 bits per heavy atom. The van der Waals surface area contributed by atoms with E-state index in [0.717, 1.165) is 12.2 Å². The number of rotatable bonds is 7. The van der Waals surface area contributed by atoms with Crippen molar-refractivity contribution < 1.29 is 4.79 Å². The minimum atomic E-state index is -0.0811. The maximum atomic E-state index is 11.8. The smallest absolute Gasteiger partial charge is 0.225 e. The van der Waals surface area contributed by atoms with Gasteiger partial charge in [-0.3, -0.25) is 4.79 Å². The number of amides is 1. The summed E-state index contributed by atoms with van der Waals surface area (Å²) in [5.41, 5.74) is 5.96. The third kappa shape index (κ3) is 6.04. The third-order valence-electron chi connectivity index (χ3n) is 2.53. The van der Waals surface area contributed by atoms with Gasteiger partial charge in [-0.1, -0.05) is 36.2 Å². The SMILES string of the molecule is CC(CCN)SCCC(=O)Nc1c(Cl)cccc1Cl. The van der Waals surface area contributed by atoms with E-state index in [-0.39, 0.29) is 5.91 Å². The lowest BCUT2D eigenvalue weighted by Gasteiger charge is -2.11. The van der Waals surface area contributed by atoms with Crippen molar-refractivity contribution in [3.63, 3.8) is 0 Å². The maximum absolute atomic E-state index is 11.8. The van der Waals surface area contributed by atoms with Gasteiger partial charge in [0.1, 0.15) is 0 Å². The summed E-state index contributed by atoms with van der Waals surface area (Å²) in [6.07, 6.45) is 1.39. The van der Waals surface area contributed by atoms with Crippen LogP contribution >= 0.6 is 35.0 Å². The van der Waals surface area contributed by atoms with Gasteiger partial charge >= 0.3 is 0 Å². The van der Waals surface area contributed by atoms with Gasteiger partial charge < -0.3 is 11.1 Å². The topological polar surface area (TPSA) is 55.1 Å². The first kappa shape index (κ1) is 16.6. The number of anilines is 1. The Bertz CT molecular complexity index is 409. The Morgan fingerprint density at radius 3 is 2.63 bits per heavy atom. The first-order valence-corrected chi connectivity index (χ1v) is 7.90. The Kier molecular flexibility index (Phi) is 7.61. The molecule has 0 fully saturated rings. The van der Waals surface area contributed by atoms with Crippen molar-refractivity contribution in [2.75, 3.05) is 17.6 Å². The summed E-state index contributed by atoms with van der Waals surface area (Å²) < 4.78 is 0. The van der Waals surface area contributed by atoms with Crippen LogP contribution in [-0.2, 0) is 4.79 Å². The molecule has 3 nitrogen and oxygen atoms in total. The Morgan fingerprint density at radius 2 is 2.05 bits per heavy atom. The van der Waals surface area contributed by atoms with E-state index in [0.29, 0.717) is 33.9 Å². The number of carbonyl (C=O) groups is 1. The van der Waals surface area contributed by atoms with Gasteiger partial charge in [0.25, 0.3) is 0 Å². The van der Waals surface area contributed by atoms with Crippen LogP contribution in [0.2, 0.25) is 10.0 Å². The van der Waals surface area contributed by atoms with Crippen LogP contribution in [0.4, 0.5) is 5.69 Å². The van der Waals surface area contributed by atoms with Gasteiger partial charge in [0, 0.05) is 17.4 Å². The summed E-state index contributed by atoms with van der Waals surface area (Å²) in [4.78, 5) is 11.8. The molecule has 1 unspecified atom stereocenters. The zero-order chi connectivity index (χ0) is 14.3. The number of carbonyl (C=O) groups excluding carboxylic acids is 1. The van der Waals surface area contributed by atoms with Crippen LogP contribution in [-0.4, -0.2) is 23.5 Å². The molecule has 0 radical (unpaired) electrons. The first-order valence-electron chi connectivity index (χ1n) is 6.10. The van der Waals surface area contributed by atoms with Gasteiger partial charge in [-0.25, -0.2) is 0 Å². The number of nitrogens with one attached hydrogen (secondary N) is 1. The van der Waals surface area contributed by atoms with Gasteiger partial charge in [-0.2, -0.15) is 11.8 Å². The zero-order valence-corrected chi connectivity index (χ0v) is 13.1. The highest BCUT2D eigenvalue weighted by atomic mass is 35.5. The number of nitrogens with two attached hydrogens (primary N) is 1. The van der Waals surface area contributed by atoms with Crippen molar-refractivity contribution in [3.05, 3.63) is 28.2 Å². The Labute approximate surface area is 128 Å². The summed E-state index contributed by atoms with van der Waals surface area (Å²) in [7, 11) is 0. The number of hydrogen-bond acceptors (Lipinski definition) is 3. The highest BCUT2D eigenvalue weighted by Crippen LogP contribution is 2.29. The molecule has 1 atom stereocenters. The van der Waals surface area contributed by atoms with Crippen LogP contribution < -0.4 is 11.1 Å². The van der Waals surface area contributed by atoms with Crippen LogP contribution in [0.25, 0.3) is 0 Å². The number of hydrogen-bond donors (Lipinski definition) is 2. The minimum Gasteiger partial charge on any atom is -0.330 e. The second-order valence-electron chi connectivity index (χ2n) is 4.15. The average Bonchev–Trinajstić information content (AvgIpc) is 2.34. The number of thioether (sulfide) groups is 1. The lowest BCUT2D eigenvalue weighted by atomic mass is 10.3. The molecule has 0 heterocycles. The first-order chi connectivity index (χ1) is 9.04. The second kappa shape index (κ2) is 8.69. The molecule has 0 aliphatic heterocycles. The fourth-order valence-corrected chi connectivity index (χ4v) is 2.99. The van der Waals surface area contributed by atoms with Crippen molar-refractivity contribution in [2.24, 2.45) is 5.73 Å². The largest absolute Gasteiger partial charge is 0.330 e. The van der Waals surface area contributed by atoms with E-state index in [1.807, 2.05) is 0 Å². The van der Waals surface area contributed by atoms with E-state index in [9.17, 15) is 4.79 Å². The van der Waals surface area contributed by atoms with Gasteiger partial charge in [0.2, 0.25) is 5.91 Å². The molecule has 6 heteroatoms. The van der Waals surface area contributed by atoms with Crippen molar-refractivity contribution >= 4 is 46.6 Å². The number of halogens is 2. The lowest BCUT2D eigenvalue weighted by Crippen LogP contribution is -2.14. The maximum Gasteiger partial charge on any atom is 0.225 e. The molecule has 3 N–H and O–H groups in total. The molecule has 1 rings (SSSR count). The molecule has 19 heavy (non-hydrogen) atoms. The van der Waals surface area contributed by atoms with Crippen LogP contribution in [0.1, 0.15) is 19.8 Å². The van der Waals surface area contributed by atoms with Crippen molar-refractivity contribution in [1.29, 1.82) is 0 Å². The van der Waals surface area contributed by atoms with Crippen molar-refractivity contribution in [1.82, 2.24) is 0 Å². The van der Waals surface area contributed by atoms with E-state index in [2.05, 4.69) is 12.2 Å². The molecule has 106 valence electrons. The van der Waals surface area contributed by atoms with Gasteiger partial charge in [0.05, 0.1) is 15.7 Å². The summed E-state index contributed by atoms with van der Waals surface area (Å²) in [5, 5.41) is 4.12. The number of benzene rings is 1. The van der Waals surface area contributed by atoms with E-state index >= 15 is 0 Å². The molecule has 0 bridgehead atoms. The van der Waals surface area contributed by atoms with Crippen molar-refractivity contribution in [2.45, 2.75) is 25.0 Å². The van der Waals surface area contributed by atoms with E-state index < -0.39 is 0 Å². The van der Waals surface area contributed by atoms with Crippen LogP contribution in [0.3, 0.4) is 0 Å². The highest BCUT2D eigenvalue weighted by molar-refractivity contribution is 7.99. The van der Waals surface area contributed by atoms with Gasteiger partial charge in [-0.05, 0) is 25.1 Å². The summed E-state index contributed by atoms with van der Waals surface area (Å²) in [6.45, 7) is 2.79. The molecular weight excluding hydrogens is 303 g/mol. The zero-order valence-electron chi connectivity index (χ0n) is 10.8. The highest BCUT2D eigenvalue weighted by Gasteiger charge is 2.10. The van der Waals surface area contributed by atoms with E-state index in [1.165, 1.54) is 0 Å². The molecule has 0 spiro atoms. The minimum absolute atomic E-state index is 0.0811. The molecular formula is C13H18Cl2N2OS. The van der Waals surface area contributed by atoms with Crippen LogP contribution in [0.15, 0.2) is 18.2 Å². The fourth-order valence-electron chi connectivity index (χ4n) is 1.49. The van der Waals surface area contributed by atoms with E-state index in [1.54, 1.807) is 30.0 Å². The lowest BCUT2D eigenvalue weighted by molar-refractivity contribution is -0.115. The predicted molar refractivity (Wildman–Crippen MR) is 85.3 cm³/mol. The molecule has 1 aromatic rings. The third-order valence-corrected chi connectivity index (χ3v) is 4.41. The fraction of sp³-hybridized carbons (Fsp3) is 0.462. The van der Waals surface area contributed by atoms with Crippen LogP contribution in [0.5, 0.6) is 0 Å². The Balaban J connectivity index is 2.39. The van der Waals surface area contributed by atoms with Gasteiger partial charge in [0.15, 0.2) is 0 Å². The molecule has 0 aromatic heterocycles. The summed E-state index contributed by atoms with van der Waals surface area (Å²) in [6, 6.07) is 5.13. The van der Waals surface area contributed by atoms with Gasteiger partial charge in [-0.15, -0.1) is 0 Å². The summed E-state index contributed by atoms with van der Waals surface area (Å²) >= 11 is 13.7. The van der Waals surface area contributed by atoms with Crippen molar-refractivity contribution in [3.8, 4) is 0 Å². The summed E-state index contributed by atoms with van der Waals surface area (Å²) in [5.74, 6) is 0.678. The molecule has 1 amide bonds. The normalized spacial score (nSPS) is 12.2. The molecule has 0 saturated heterocycles. The number of para-hydroxylation sites is 1. The quantitative estimate of drug-likeness (QED) is 0.803. The predicted octanol–water partition coefficient (Wildman–Crippen LogP) is 3.79. The monoisotopic (exact) mass is 320 g/mol. The standard InChI is InChI=1S/C13H18Cl2N2OS/c1-9(5-7-16)19-8-6-12(18)17-13-10(14)3-2-4-11(13)15/h2-4,9H,5-8,16H2,1H3,(H,17,18). The second-order valence-corrected chi connectivity index (χ2v) is 6.51. The Hall–Kier alpha value is -0.420. The van der Waals surface area contributed by atoms with E-state index in [4.69, 9.17) is 28.9 Å². The molecule has 0 aliphatic rings. The average molecular weight is 321 g/mol. The van der Waals surface area contributed by atoms with Crippen LogP contribution in [0, 0.1) is 0 Å².